The molecule has 0 aliphatic heterocycles. The van der Waals surface area contributed by atoms with Gasteiger partial charge in [-0.15, -0.1) is 0 Å². The molecule has 106 valence electrons. The number of benzene rings is 2. The highest BCUT2D eigenvalue weighted by Gasteiger charge is 2.18. The normalized spacial score (nSPS) is 12.4. The number of nitrogens with one attached hydrogen (secondary N) is 1. The van der Waals surface area contributed by atoms with Gasteiger partial charge in [-0.1, -0.05) is 47.5 Å². The molecule has 2 aromatic rings. The Morgan fingerprint density at radius 2 is 1.90 bits per heavy atom. The summed E-state index contributed by atoms with van der Waals surface area (Å²) in [6.45, 7) is 2.02. The van der Waals surface area contributed by atoms with Crippen LogP contribution in [0.3, 0.4) is 0 Å². The summed E-state index contributed by atoms with van der Waals surface area (Å²) in [7, 11) is 0. The average molecular weight is 358 g/mol. The van der Waals surface area contributed by atoms with E-state index in [9.17, 15) is 4.39 Å². The maximum absolute atomic E-state index is 14.2. The van der Waals surface area contributed by atoms with E-state index in [2.05, 4.69) is 21.4 Å². The number of halogens is 3. The van der Waals surface area contributed by atoms with Gasteiger partial charge in [0.1, 0.15) is 5.82 Å². The zero-order valence-corrected chi connectivity index (χ0v) is 13.3. The highest BCUT2D eigenvalue weighted by Crippen LogP contribution is 2.31. The van der Waals surface area contributed by atoms with E-state index in [0.29, 0.717) is 16.5 Å². The first-order chi connectivity index (χ1) is 9.52. The van der Waals surface area contributed by atoms with Crippen LogP contribution >= 0.6 is 27.5 Å². The summed E-state index contributed by atoms with van der Waals surface area (Å²) < 4.78 is 14.7. The van der Waals surface area contributed by atoms with Crippen molar-refractivity contribution in [2.75, 3.05) is 0 Å². The van der Waals surface area contributed by atoms with E-state index in [1.165, 1.54) is 5.56 Å². The molecule has 0 aromatic heterocycles. The van der Waals surface area contributed by atoms with Crippen molar-refractivity contribution in [2.24, 2.45) is 5.84 Å². The minimum atomic E-state index is -0.448. The van der Waals surface area contributed by atoms with Crippen LogP contribution in [0.1, 0.15) is 22.7 Å². The maximum Gasteiger partial charge on any atom is 0.147 e. The van der Waals surface area contributed by atoms with Gasteiger partial charge in [0.15, 0.2) is 0 Å². The number of rotatable bonds is 4. The molecule has 3 N–H and O–H groups in total. The highest BCUT2D eigenvalue weighted by atomic mass is 79.9. The Kier molecular flexibility index (Phi) is 5.16. The lowest BCUT2D eigenvalue weighted by molar-refractivity contribution is 0.510. The fraction of sp³-hybridized carbons (Fsp3) is 0.200. The summed E-state index contributed by atoms with van der Waals surface area (Å²) >= 11 is 9.12. The molecule has 0 spiro atoms. The van der Waals surface area contributed by atoms with E-state index >= 15 is 0 Å². The third kappa shape index (κ3) is 3.38. The topological polar surface area (TPSA) is 38.0 Å². The van der Waals surface area contributed by atoms with Gasteiger partial charge in [0.2, 0.25) is 0 Å². The van der Waals surface area contributed by atoms with Gasteiger partial charge in [0.05, 0.1) is 11.1 Å². The van der Waals surface area contributed by atoms with Gasteiger partial charge >= 0.3 is 0 Å². The predicted octanol–water partition coefficient (Wildman–Crippen LogP) is 4.30. The van der Waals surface area contributed by atoms with Gasteiger partial charge in [0, 0.05) is 10.0 Å². The Labute approximate surface area is 131 Å². The molecule has 0 fully saturated rings. The second-order valence-corrected chi connectivity index (χ2v) is 5.91. The standard InChI is InChI=1S/C15H15BrClFN2/c1-9-2-4-10(5-3-9)8-13(20-19)11-6-7-12(16)14(17)15(11)18/h2-7,13,20H,8,19H2,1H3. The quantitative estimate of drug-likeness (QED) is 0.486. The number of hydrogen-bond acceptors (Lipinski definition) is 2. The zero-order valence-electron chi connectivity index (χ0n) is 11.0. The molecule has 1 unspecified atom stereocenters. The van der Waals surface area contributed by atoms with Crippen LogP contribution < -0.4 is 11.3 Å². The lowest BCUT2D eigenvalue weighted by atomic mass is 9.98. The van der Waals surface area contributed by atoms with Crippen molar-refractivity contribution >= 4 is 27.5 Å². The third-order valence-electron chi connectivity index (χ3n) is 3.20. The Bertz CT molecular complexity index is 602. The number of hydrazine groups is 1. The molecule has 0 aliphatic carbocycles. The van der Waals surface area contributed by atoms with Gasteiger partial charge in [-0.3, -0.25) is 11.3 Å². The van der Waals surface area contributed by atoms with E-state index in [-0.39, 0.29) is 11.1 Å². The van der Waals surface area contributed by atoms with Crippen molar-refractivity contribution in [1.29, 1.82) is 0 Å². The SMILES string of the molecule is Cc1ccc(CC(NN)c2ccc(Br)c(Cl)c2F)cc1. The molecular formula is C15H15BrClFN2. The molecule has 0 aliphatic rings. The van der Waals surface area contributed by atoms with Gasteiger partial charge in [-0.05, 0) is 40.9 Å². The maximum atomic E-state index is 14.2. The van der Waals surface area contributed by atoms with Gasteiger partial charge in [-0.2, -0.15) is 0 Å². The Morgan fingerprint density at radius 3 is 2.50 bits per heavy atom. The van der Waals surface area contributed by atoms with Gasteiger partial charge < -0.3 is 0 Å². The summed E-state index contributed by atoms with van der Waals surface area (Å²) in [6.07, 6.45) is 0.589. The van der Waals surface area contributed by atoms with Crippen molar-refractivity contribution < 1.29 is 4.39 Å². The molecule has 0 heterocycles. The zero-order chi connectivity index (χ0) is 14.7. The van der Waals surface area contributed by atoms with Crippen LogP contribution in [0.25, 0.3) is 0 Å². The van der Waals surface area contributed by atoms with Crippen LogP contribution in [0, 0.1) is 12.7 Å². The molecule has 2 rings (SSSR count). The van der Waals surface area contributed by atoms with E-state index in [1.807, 2.05) is 31.2 Å². The first-order valence-electron chi connectivity index (χ1n) is 6.18. The molecule has 0 saturated heterocycles. The molecule has 0 bridgehead atoms. The largest absolute Gasteiger partial charge is 0.271 e. The molecular weight excluding hydrogens is 343 g/mol. The van der Waals surface area contributed by atoms with Crippen molar-refractivity contribution in [3.05, 3.63) is 68.4 Å². The molecule has 0 amide bonds. The first-order valence-corrected chi connectivity index (χ1v) is 7.35. The fourth-order valence-electron chi connectivity index (χ4n) is 2.03. The van der Waals surface area contributed by atoms with Crippen LogP contribution in [-0.2, 0) is 6.42 Å². The Balaban J connectivity index is 2.29. The van der Waals surface area contributed by atoms with E-state index in [1.54, 1.807) is 12.1 Å². The minimum Gasteiger partial charge on any atom is -0.271 e. The first kappa shape index (κ1) is 15.4. The van der Waals surface area contributed by atoms with E-state index in [0.717, 1.165) is 5.56 Å². The van der Waals surface area contributed by atoms with E-state index in [4.69, 9.17) is 17.4 Å². The second kappa shape index (κ2) is 6.68. The smallest absolute Gasteiger partial charge is 0.147 e. The van der Waals surface area contributed by atoms with Crippen LogP contribution in [0.4, 0.5) is 4.39 Å². The molecule has 1 atom stereocenters. The summed E-state index contributed by atoms with van der Waals surface area (Å²) in [4.78, 5) is 0. The number of aryl methyl sites for hydroxylation is 1. The van der Waals surface area contributed by atoms with Crippen molar-refractivity contribution in [3.63, 3.8) is 0 Å². The molecule has 2 nitrogen and oxygen atoms in total. The average Bonchev–Trinajstić information content (AvgIpc) is 2.45. The minimum absolute atomic E-state index is 0.0756. The van der Waals surface area contributed by atoms with Crippen LogP contribution in [0.2, 0.25) is 5.02 Å². The third-order valence-corrected chi connectivity index (χ3v) is 4.46. The van der Waals surface area contributed by atoms with Crippen LogP contribution in [0.15, 0.2) is 40.9 Å². The van der Waals surface area contributed by atoms with E-state index < -0.39 is 5.82 Å². The fourth-order valence-corrected chi connectivity index (χ4v) is 2.51. The summed E-state index contributed by atoms with van der Waals surface area (Å²) in [5.74, 6) is 5.12. The predicted molar refractivity (Wildman–Crippen MR) is 84.1 cm³/mol. The Morgan fingerprint density at radius 1 is 1.25 bits per heavy atom. The number of nitrogens with two attached hydrogens (primary N) is 1. The van der Waals surface area contributed by atoms with Gasteiger partial charge in [-0.25, -0.2) is 4.39 Å². The van der Waals surface area contributed by atoms with Crippen molar-refractivity contribution in [1.82, 2.24) is 5.43 Å². The summed E-state index contributed by atoms with van der Waals surface area (Å²) in [6, 6.07) is 11.1. The summed E-state index contributed by atoms with van der Waals surface area (Å²) in [5, 5.41) is 0.0756. The number of hydrogen-bond donors (Lipinski definition) is 2. The molecule has 2 aromatic carbocycles. The molecule has 20 heavy (non-hydrogen) atoms. The molecule has 5 heteroatoms. The summed E-state index contributed by atoms with van der Waals surface area (Å²) in [5.41, 5.74) is 5.38. The molecule has 0 saturated carbocycles. The lowest BCUT2D eigenvalue weighted by Crippen LogP contribution is -2.30. The Hall–Kier alpha value is -0.940. The van der Waals surface area contributed by atoms with Crippen molar-refractivity contribution in [2.45, 2.75) is 19.4 Å². The molecule has 0 radical (unpaired) electrons. The van der Waals surface area contributed by atoms with Crippen LogP contribution in [0.5, 0.6) is 0 Å². The monoisotopic (exact) mass is 356 g/mol. The van der Waals surface area contributed by atoms with Gasteiger partial charge in [0.25, 0.3) is 0 Å². The van der Waals surface area contributed by atoms with Crippen molar-refractivity contribution in [3.8, 4) is 0 Å². The highest BCUT2D eigenvalue weighted by molar-refractivity contribution is 9.10. The lowest BCUT2D eigenvalue weighted by Gasteiger charge is -2.18. The van der Waals surface area contributed by atoms with Crippen LogP contribution in [-0.4, -0.2) is 0 Å². The second-order valence-electron chi connectivity index (χ2n) is 4.67.